The number of nitro benzene ring substituents is 1. The number of hydrogen-bond acceptors (Lipinski definition) is 5. The van der Waals surface area contributed by atoms with E-state index in [2.05, 4.69) is 0 Å². The van der Waals surface area contributed by atoms with Gasteiger partial charge in [0.15, 0.2) is 6.61 Å². The molecule has 3 aromatic carbocycles. The van der Waals surface area contributed by atoms with Crippen LogP contribution in [-0.2, 0) is 4.79 Å². The van der Waals surface area contributed by atoms with Gasteiger partial charge < -0.3 is 4.74 Å². The van der Waals surface area contributed by atoms with Crippen molar-refractivity contribution in [3.8, 4) is 5.75 Å². The lowest BCUT2D eigenvalue weighted by Gasteiger charge is -2.30. The van der Waals surface area contributed by atoms with Gasteiger partial charge in [0.25, 0.3) is 11.6 Å². The molecule has 0 bridgehead atoms. The summed E-state index contributed by atoms with van der Waals surface area (Å²) >= 11 is 1.62. The normalized spacial score (nSPS) is 12.1. The van der Waals surface area contributed by atoms with E-state index in [1.165, 1.54) is 24.3 Å². The number of anilines is 2. The average molecular weight is 378 g/mol. The smallest absolute Gasteiger partial charge is 0.269 e. The van der Waals surface area contributed by atoms with Crippen molar-refractivity contribution in [1.82, 2.24) is 0 Å². The lowest BCUT2D eigenvalue weighted by atomic mass is 10.2. The second kappa shape index (κ2) is 7.13. The summed E-state index contributed by atoms with van der Waals surface area (Å²) in [6.07, 6.45) is 0. The third-order valence-electron chi connectivity index (χ3n) is 4.09. The molecule has 1 amide bonds. The van der Waals surface area contributed by atoms with Crippen LogP contribution in [0, 0.1) is 10.1 Å². The molecule has 0 unspecified atom stereocenters. The molecule has 6 nitrogen and oxygen atoms in total. The van der Waals surface area contributed by atoms with Crippen molar-refractivity contribution in [3.63, 3.8) is 0 Å². The van der Waals surface area contributed by atoms with Crippen LogP contribution in [0.3, 0.4) is 0 Å². The minimum atomic E-state index is -0.478. The first-order chi connectivity index (χ1) is 13.1. The van der Waals surface area contributed by atoms with Gasteiger partial charge in [-0.2, -0.15) is 0 Å². The first kappa shape index (κ1) is 17.1. The van der Waals surface area contributed by atoms with E-state index < -0.39 is 4.92 Å². The maximum Gasteiger partial charge on any atom is 0.269 e. The summed E-state index contributed by atoms with van der Waals surface area (Å²) in [5.41, 5.74) is 1.61. The lowest BCUT2D eigenvalue weighted by Crippen LogP contribution is -2.32. The maximum atomic E-state index is 13.0. The number of rotatable bonds is 4. The van der Waals surface area contributed by atoms with Gasteiger partial charge in [-0.25, -0.2) is 0 Å². The summed E-state index contributed by atoms with van der Waals surface area (Å²) in [5, 5.41) is 10.7. The highest BCUT2D eigenvalue weighted by molar-refractivity contribution is 7.99. The first-order valence-electron chi connectivity index (χ1n) is 8.19. The van der Waals surface area contributed by atoms with Gasteiger partial charge in [0.1, 0.15) is 5.75 Å². The molecule has 0 saturated heterocycles. The van der Waals surface area contributed by atoms with Crippen LogP contribution in [0.5, 0.6) is 5.75 Å². The van der Waals surface area contributed by atoms with Crippen LogP contribution in [0.1, 0.15) is 0 Å². The Labute approximate surface area is 159 Å². The van der Waals surface area contributed by atoms with Crippen LogP contribution in [0.4, 0.5) is 17.1 Å². The van der Waals surface area contributed by atoms with Gasteiger partial charge in [-0.05, 0) is 36.4 Å². The van der Waals surface area contributed by atoms with Crippen molar-refractivity contribution in [2.75, 3.05) is 11.5 Å². The maximum absolute atomic E-state index is 13.0. The number of ether oxygens (including phenoxy) is 1. The van der Waals surface area contributed by atoms with E-state index in [1.807, 2.05) is 48.5 Å². The first-order valence-corrected chi connectivity index (χ1v) is 9.01. The van der Waals surface area contributed by atoms with Crippen molar-refractivity contribution in [3.05, 3.63) is 82.9 Å². The Hall–Kier alpha value is -3.32. The van der Waals surface area contributed by atoms with Crippen molar-refractivity contribution in [1.29, 1.82) is 0 Å². The van der Waals surface area contributed by atoms with Crippen LogP contribution < -0.4 is 9.64 Å². The van der Waals surface area contributed by atoms with Crippen molar-refractivity contribution in [2.24, 2.45) is 0 Å². The molecule has 1 aliphatic heterocycles. The second-order valence-electron chi connectivity index (χ2n) is 5.81. The molecule has 134 valence electrons. The van der Waals surface area contributed by atoms with Crippen LogP contribution >= 0.6 is 11.8 Å². The number of nitro groups is 1. The summed E-state index contributed by atoms with van der Waals surface area (Å²) in [6, 6.07) is 21.1. The zero-order chi connectivity index (χ0) is 18.8. The summed E-state index contributed by atoms with van der Waals surface area (Å²) < 4.78 is 5.57. The number of fused-ring (bicyclic) bond motifs is 2. The average Bonchev–Trinajstić information content (AvgIpc) is 2.70. The number of benzene rings is 3. The van der Waals surface area contributed by atoms with Crippen LogP contribution in [0.15, 0.2) is 82.6 Å². The van der Waals surface area contributed by atoms with E-state index in [-0.39, 0.29) is 18.2 Å². The molecular weight excluding hydrogens is 364 g/mol. The number of carbonyl (C=O) groups is 1. The molecule has 4 rings (SSSR count). The highest BCUT2D eigenvalue weighted by Gasteiger charge is 2.28. The number of nitrogens with zero attached hydrogens (tertiary/aromatic N) is 2. The lowest BCUT2D eigenvalue weighted by molar-refractivity contribution is -0.384. The van der Waals surface area contributed by atoms with Crippen molar-refractivity contribution in [2.45, 2.75) is 9.79 Å². The molecular formula is C20H14N2O4S. The molecule has 3 aromatic rings. The minimum Gasteiger partial charge on any atom is -0.484 e. The highest BCUT2D eigenvalue weighted by Crippen LogP contribution is 2.47. The molecule has 0 spiro atoms. The topological polar surface area (TPSA) is 72.7 Å². The van der Waals surface area contributed by atoms with Gasteiger partial charge in [-0.15, -0.1) is 0 Å². The predicted octanol–water partition coefficient (Wildman–Crippen LogP) is 4.80. The SMILES string of the molecule is O=C(COc1ccc([N+](=O)[O-])cc1)N1c2ccccc2Sc2ccccc21. The van der Waals surface area contributed by atoms with Crippen LogP contribution in [0.2, 0.25) is 0 Å². The summed E-state index contributed by atoms with van der Waals surface area (Å²) in [5.74, 6) is 0.190. The number of hydrogen-bond donors (Lipinski definition) is 0. The van der Waals surface area contributed by atoms with Crippen molar-refractivity contribution < 1.29 is 14.5 Å². The van der Waals surface area contributed by atoms with E-state index in [9.17, 15) is 14.9 Å². The molecule has 0 aromatic heterocycles. The van der Waals surface area contributed by atoms with Crippen LogP contribution in [0.25, 0.3) is 0 Å². The summed E-state index contributed by atoms with van der Waals surface area (Å²) in [6.45, 7) is -0.175. The Morgan fingerprint density at radius 3 is 2.04 bits per heavy atom. The molecule has 0 saturated carbocycles. The standard InChI is InChI=1S/C20H14N2O4S/c23-20(13-26-15-11-9-14(10-12-15)22(24)25)21-16-5-1-3-7-18(16)27-19-8-4-2-6-17(19)21/h1-12H,13H2. The summed E-state index contributed by atoms with van der Waals surface area (Å²) in [7, 11) is 0. The third-order valence-corrected chi connectivity index (χ3v) is 5.22. The molecule has 7 heteroatoms. The Balaban J connectivity index is 1.57. The zero-order valence-electron chi connectivity index (χ0n) is 14.1. The molecule has 0 fully saturated rings. The van der Waals surface area contributed by atoms with E-state index in [0.29, 0.717) is 5.75 Å². The quantitative estimate of drug-likeness (QED) is 0.481. The van der Waals surface area contributed by atoms with Gasteiger partial charge in [-0.3, -0.25) is 19.8 Å². The largest absolute Gasteiger partial charge is 0.484 e. The fourth-order valence-corrected chi connectivity index (χ4v) is 3.90. The van der Waals surface area contributed by atoms with Gasteiger partial charge in [-0.1, -0.05) is 36.0 Å². The van der Waals surface area contributed by atoms with E-state index in [1.54, 1.807) is 16.7 Å². The van der Waals surface area contributed by atoms with Crippen molar-refractivity contribution >= 4 is 34.7 Å². The zero-order valence-corrected chi connectivity index (χ0v) is 14.9. The fraction of sp³-hybridized carbons (Fsp3) is 0.0500. The highest BCUT2D eigenvalue weighted by atomic mass is 32.2. The van der Waals surface area contributed by atoms with Gasteiger partial charge in [0, 0.05) is 21.9 Å². The Bertz CT molecular complexity index is 975. The number of para-hydroxylation sites is 2. The number of carbonyl (C=O) groups excluding carboxylic acids is 1. The summed E-state index contributed by atoms with van der Waals surface area (Å²) in [4.78, 5) is 26.9. The van der Waals surface area contributed by atoms with E-state index in [0.717, 1.165) is 21.2 Å². The number of non-ortho nitro benzene ring substituents is 1. The molecule has 1 aliphatic rings. The predicted molar refractivity (Wildman–Crippen MR) is 103 cm³/mol. The Morgan fingerprint density at radius 2 is 1.48 bits per heavy atom. The molecule has 0 aliphatic carbocycles. The molecule has 0 N–H and O–H groups in total. The number of amides is 1. The fourth-order valence-electron chi connectivity index (χ4n) is 2.85. The van der Waals surface area contributed by atoms with Gasteiger partial charge >= 0.3 is 0 Å². The monoisotopic (exact) mass is 378 g/mol. The molecule has 1 heterocycles. The second-order valence-corrected chi connectivity index (χ2v) is 6.89. The molecule has 0 radical (unpaired) electrons. The Morgan fingerprint density at radius 1 is 0.926 bits per heavy atom. The van der Waals surface area contributed by atoms with Gasteiger partial charge in [0.2, 0.25) is 0 Å². The molecule has 0 atom stereocenters. The minimum absolute atomic E-state index is 0.0235. The Kier molecular flexibility index (Phi) is 4.52. The third kappa shape index (κ3) is 3.37. The van der Waals surface area contributed by atoms with E-state index >= 15 is 0 Å². The van der Waals surface area contributed by atoms with E-state index in [4.69, 9.17) is 4.74 Å². The van der Waals surface area contributed by atoms with Crippen LogP contribution in [-0.4, -0.2) is 17.4 Å². The van der Waals surface area contributed by atoms with Gasteiger partial charge in [0.05, 0.1) is 16.3 Å². The molecule has 27 heavy (non-hydrogen) atoms.